The van der Waals surface area contributed by atoms with E-state index in [1.807, 2.05) is 19.1 Å². The fraction of sp³-hybridized carbons (Fsp3) is 0.125. The standard InChI is InChI=1S/C8H6BrNO/c1-6-2-3-7(9)4-8(6)10-5-11/h2-4H,1H3. The summed E-state index contributed by atoms with van der Waals surface area (Å²) in [5.74, 6) is 0. The summed E-state index contributed by atoms with van der Waals surface area (Å²) in [6.07, 6.45) is 1.51. The van der Waals surface area contributed by atoms with Crippen molar-refractivity contribution in [1.82, 2.24) is 0 Å². The van der Waals surface area contributed by atoms with E-state index in [4.69, 9.17) is 0 Å². The molecule has 0 fully saturated rings. The first kappa shape index (κ1) is 8.18. The van der Waals surface area contributed by atoms with E-state index < -0.39 is 0 Å². The first-order chi connectivity index (χ1) is 5.24. The monoisotopic (exact) mass is 211 g/mol. The average Bonchev–Trinajstić information content (AvgIpc) is 1.98. The van der Waals surface area contributed by atoms with Crippen LogP contribution in [0, 0.1) is 6.92 Å². The summed E-state index contributed by atoms with van der Waals surface area (Å²) in [4.78, 5) is 13.5. The number of benzene rings is 1. The molecule has 2 nitrogen and oxygen atoms in total. The summed E-state index contributed by atoms with van der Waals surface area (Å²) in [5, 5.41) is 0. The highest BCUT2D eigenvalue weighted by Crippen LogP contribution is 2.22. The molecule has 11 heavy (non-hydrogen) atoms. The molecule has 1 rings (SSSR count). The van der Waals surface area contributed by atoms with Gasteiger partial charge in [-0.2, -0.15) is 4.99 Å². The lowest BCUT2D eigenvalue weighted by Crippen LogP contribution is -1.73. The van der Waals surface area contributed by atoms with E-state index in [1.165, 1.54) is 6.08 Å². The Morgan fingerprint density at radius 2 is 2.27 bits per heavy atom. The SMILES string of the molecule is Cc1ccc(Br)cc1N=C=O. The van der Waals surface area contributed by atoms with Gasteiger partial charge in [0.1, 0.15) is 0 Å². The predicted molar refractivity (Wildman–Crippen MR) is 46.7 cm³/mol. The third-order valence-corrected chi connectivity index (χ3v) is 1.83. The summed E-state index contributed by atoms with van der Waals surface area (Å²) < 4.78 is 0.914. The number of aryl methyl sites for hydroxylation is 1. The molecule has 0 heterocycles. The Morgan fingerprint density at radius 1 is 1.55 bits per heavy atom. The first-order valence-electron chi connectivity index (χ1n) is 3.08. The van der Waals surface area contributed by atoms with Crippen molar-refractivity contribution in [3.63, 3.8) is 0 Å². The van der Waals surface area contributed by atoms with E-state index in [0.29, 0.717) is 5.69 Å². The number of halogens is 1. The van der Waals surface area contributed by atoms with Crippen LogP contribution in [0.1, 0.15) is 5.56 Å². The van der Waals surface area contributed by atoms with Crippen LogP contribution >= 0.6 is 15.9 Å². The van der Waals surface area contributed by atoms with Crippen molar-refractivity contribution >= 4 is 27.7 Å². The molecule has 0 aromatic heterocycles. The molecule has 0 N–H and O–H groups in total. The average molecular weight is 212 g/mol. The Balaban J connectivity index is 3.22. The predicted octanol–water partition coefficient (Wildman–Crippen LogP) is 2.72. The van der Waals surface area contributed by atoms with Gasteiger partial charge in [-0.3, -0.25) is 0 Å². The van der Waals surface area contributed by atoms with Crippen molar-refractivity contribution in [1.29, 1.82) is 0 Å². The minimum absolute atomic E-state index is 0.661. The van der Waals surface area contributed by atoms with Gasteiger partial charge in [-0.15, -0.1) is 0 Å². The number of nitrogens with zero attached hydrogens (tertiary/aromatic N) is 1. The second-order valence-corrected chi connectivity index (χ2v) is 3.05. The van der Waals surface area contributed by atoms with Crippen LogP contribution in [0.3, 0.4) is 0 Å². The summed E-state index contributed by atoms with van der Waals surface area (Å²) in [7, 11) is 0. The van der Waals surface area contributed by atoms with Crippen LogP contribution < -0.4 is 0 Å². The molecule has 0 spiro atoms. The van der Waals surface area contributed by atoms with Crippen molar-refractivity contribution < 1.29 is 4.79 Å². The number of aliphatic imine (C=N–C) groups is 1. The highest BCUT2D eigenvalue weighted by molar-refractivity contribution is 9.10. The maximum absolute atomic E-state index is 9.93. The lowest BCUT2D eigenvalue weighted by molar-refractivity contribution is 0.565. The lowest BCUT2D eigenvalue weighted by atomic mass is 10.2. The molecule has 0 unspecified atom stereocenters. The zero-order chi connectivity index (χ0) is 8.27. The van der Waals surface area contributed by atoms with E-state index in [-0.39, 0.29) is 0 Å². The van der Waals surface area contributed by atoms with E-state index >= 15 is 0 Å². The Morgan fingerprint density at radius 3 is 2.91 bits per heavy atom. The normalized spacial score (nSPS) is 8.91. The molecular formula is C8H6BrNO. The molecule has 0 atom stereocenters. The quantitative estimate of drug-likeness (QED) is 0.519. The van der Waals surface area contributed by atoms with Gasteiger partial charge < -0.3 is 0 Å². The van der Waals surface area contributed by atoms with Gasteiger partial charge in [0, 0.05) is 4.47 Å². The van der Waals surface area contributed by atoms with Gasteiger partial charge in [-0.25, -0.2) is 4.79 Å². The van der Waals surface area contributed by atoms with Gasteiger partial charge in [-0.1, -0.05) is 22.0 Å². The van der Waals surface area contributed by atoms with Crippen molar-refractivity contribution in [3.05, 3.63) is 28.2 Å². The zero-order valence-corrected chi connectivity index (χ0v) is 7.55. The minimum Gasteiger partial charge on any atom is -0.211 e. The van der Waals surface area contributed by atoms with Crippen LogP contribution in [0.4, 0.5) is 5.69 Å². The first-order valence-corrected chi connectivity index (χ1v) is 3.87. The van der Waals surface area contributed by atoms with Crippen molar-refractivity contribution in [2.45, 2.75) is 6.92 Å². The van der Waals surface area contributed by atoms with Crippen LogP contribution in [-0.4, -0.2) is 6.08 Å². The topological polar surface area (TPSA) is 29.4 Å². The minimum atomic E-state index is 0.661. The maximum Gasteiger partial charge on any atom is 0.240 e. The molecule has 0 bridgehead atoms. The summed E-state index contributed by atoms with van der Waals surface area (Å²) in [6, 6.07) is 5.57. The molecule has 3 heteroatoms. The van der Waals surface area contributed by atoms with Crippen LogP contribution in [0.2, 0.25) is 0 Å². The number of rotatable bonds is 1. The van der Waals surface area contributed by atoms with Gasteiger partial charge in [0.2, 0.25) is 6.08 Å². The fourth-order valence-electron chi connectivity index (χ4n) is 0.752. The Labute approximate surface area is 73.1 Å². The van der Waals surface area contributed by atoms with Gasteiger partial charge in [-0.05, 0) is 24.6 Å². The molecule has 0 radical (unpaired) electrons. The molecule has 1 aromatic rings. The maximum atomic E-state index is 9.93. The third kappa shape index (κ3) is 2.00. The fourth-order valence-corrected chi connectivity index (χ4v) is 1.10. The molecule has 0 aliphatic rings. The number of hydrogen-bond acceptors (Lipinski definition) is 2. The molecule has 0 aliphatic carbocycles. The van der Waals surface area contributed by atoms with Crippen LogP contribution in [-0.2, 0) is 4.79 Å². The number of hydrogen-bond donors (Lipinski definition) is 0. The summed E-state index contributed by atoms with van der Waals surface area (Å²) >= 11 is 3.28. The van der Waals surface area contributed by atoms with Gasteiger partial charge in [0.15, 0.2) is 0 Å². The molecule has 56 valence electrons. The van der Waals surface area contributed by atoms with Gasteiger partial charge >= 0.3 is 0 Å². The van der Waals surface area contributed by atoms with Gasteiger partial charge in [0.05, 0.1) is 5.69 Å². The largest absolute Gasteiger partial charge is 0.240 e. The lowest BCUT2D eigenvalue weighted by Gasteiger charge is -1.96. The van der Waals surface area contributed by atoms with E-state index in [1.54, 1.807) is 6.07 Å². The zero-order valence-electron chi connectivity index (χ0n) is 5.97. The van der Waals surface area contributed by atoms with E-state index in [0.717, 1.165) is 10.0 Å². The summed E-state index contributed by atoms with van der Waals surface area (Å²) in [6.45, 7) is 1.89. The molecule has 0 aliphatic heterocycles. The van der Waals surface area contributed by atoms with Crippen LogP contribution in [0.15, 0.2) is 27.7 Å². The van der Waals surface area contributed by atoms with Crippen LogP contribution in [0.5, 0.6) is 0 Å². The second-order valence-electron chi connectivity index (χ2n) is 2.13. The third-order valence-electron chi connectivity index (χ3n) is 1.34. The molecule has 0 saturated carbocycles. The number of isocyanates is 1. The number of carbonyl (C=O) groups excluding carboxylic acids is 1. The van der Waals surface area contributed by atoms with Crippen molar-refractivity contribution in [2.24, 2.45) is 4.99 Å². The molecule has 1 aromatic carbocycles. The second kappa shape index (κ2) is 3.46. The van der Waals surface area contributed by atoms with Crippen molar-refractivity contribution in [3.8, 4) is 0 Å². The molecule has 0 amide bonds. The highest BCUT2D eigenvalue weighted by Gasteiger charge is 1.95. The van der Waals surface area contributed by atoms with Gasteiger partial charge in [0.25, 0.3) is 0 Å². The Kier molecular flexibility index (Phi) is 2.58. The van der Waals surface area contributed by atoms with Crippen LogP contribution in [0.25, 0.3) is 0 Å². The van der Waals surface area contributed by atoms with Crippen molar-refractivity contribution in [2.75, 3.05) is 0 Å². The molecular weight excluding hydrogens is 206 g/mol. The molecule has 0 saturated heterocycles. The summed E-state index contributed by atoms with van der Waals surface area (Å²) in [5.41, 5.74) is 1.63. The van der Waals surface area contributed by atoms with E-state index in [2.05, 4.69) is 20.9 Å². The van der Waals surface area contributed by atoms with E-state index in [9.17, 15) is 4.79 Å². The Bertz CT molecular complexity index is 316. The Hall–Kier alpha value is -0.920. The highest BCUT2D eigenvalue weighted by atomic mass is 79.9. The smallest absolute Gasteiger partial charge is 0.211 e.